The molecule has 4 heterocycles. The summed E-state index contributed by atoms with van der Waals surface area (Å²) in [6, 6.07) is 0.238. The van der Waals surface area contributed by atoms with Gasteiger partial charge in [0.2, 0.25) is 5.88 Å². The number of fused-ring (bicyclic) bond motifs is 5. The molecule has 0 amide bonds. The van der Waals surface area contributed by atoms with E-state index >= 15 is 0 Å². The van der Waals surface area contributed by atoms with Crippen molar-refractivity contribution in [1.82, 2.24) is 15.0 Å². The van der Waals surface area contributed by atoms with Crippen LogP contribution in [-0.2, 0) is 0 Å². The molecule has 1 aliphatic carbocycles. The Morgan fingerprint density at radius 1 is 1.26 bits per heavy atom. The van der Waals surface area contributed by atoms with Crippen molar-refractivity contribution < 1.29 is 9.13 Å². The zero-order valence-corrected chi connectivity index (χ0v) is 17.0. The fourth-order valence-electron chi connectivity index (χ4n) is 5.08. The van der Waals surface area contributed by atoms with Crippen LogP contribution in [0.2, 0.25) is 5.15 Å². The van der Waals surface area contributed by atoms with Crippen molar-refractivity contribution >= 4 is 40.1 Å². The largest absolute Gasteiger partial charge is 0.472 e. The maximum Gasteiger partial charge on any atom is 0.228 e. The summed E-state index contributed by atoms with van der Waals surface area (Å²) in [5.74, 6) is 2.62. The third kappa shape index (κ3) is 2.69. The van der Waals surface area contributed by atoms with E-state index in [1.54, 1.807) is 0 Å². The summed E-state index contributed by atoms with van der Waals surface area (Å²) in [5, 5.41) is 0.962. The van der Waals surface area contributed by atoms with E-state index in [0.717, 1.165) is 24.5 Å². The Morgan fingerprint density at radius 2 is 2.11 bits per heavy atom. The Bertz CT molecular complexity index is 913. The van der Waals surface area contributed by atoms with Gasteiger partial charge in [-0.25, -0.2) is 14.4 Å². The molecule has 0 unspecified atom stereocenters. The minimum Gasteiger partial charge on any atom is -0.472 e. The Balaban J connectivity index is 1.79. The molecular formula is C19H22ClFN4OS. The summed E-state index contributed by atoms with van der Waals surface area (Å²) < 4.78 is 21.2. The molecule has 27 heavy (non-hydrogen) atoms. The van der Waals surface area contributed by atoms with Gasteiger partial charge in [0.1, 0.15) is 22.8 Å². The molecule has 2 aromatic heterocycles. The number of nitrogens with zero attached hydrogens (tertiary/aromatic N) is 4. The van der Waals surface area contributed by atoms with Crippen molar-refractivity contribution in [1.29, 1.82) is 0 Å². The summed E-state index contributed by atoms with van der Waals surface area (Å²) in [4.78, 5) is 15.9. The second kappa shape index (κ2) is 6.62. The van der Waals surface area contributed by atoms with E-state index in [0.29, 0.717) is 28.3 Å². The number of thioether (sulfide) groups is 1. The van der Waals surface area contributed by atoms with Crippen molar-refractivity contribution in [3.63, 3.8) is 0 Å². The summed E-state index contributed by atoms with van der Waals surface area (Å²) in [6.07, 6.45) is 4.56. The zero-order chi connectivity index (χ0) is 18.7. The minimum atomic E-state index is -0.591. The van der Waals surface area contributed by atoms with Crippen molar-refractivity contribution in [2.24, 2.45) is 11.8 Å². The van der Waals surface area contributed by atoms with Crippen LogP contribution in [0.5, 0.6) is 5.88 Å². The van der Waals surface area contributed by atoms with E-state index < -0.39 is 5.82 Å². The molecule has 5 rings (SSSR count). The lowest BCUT2D eigenvalue weighted by Crippen LogP contribution is -2.53. The van der Waals surface area contributed by atoms with Crippen LogP contribution in [0.4, 0.5) is 10.2 Å². The van der Waals surface area contributed by atoms with Gasteiger partial charge < -0.3 is 9.64 Å². The Labute approximate surface area is 167 Å². The first kappa shape index (κ1) is 17.7. The Hall–Kier alpha value is -1.34. The average Bonchev–Trinajstić information content (AvgIpc) is 2.98. The summed E-state index contributed by atoms with van der Waals surface area (Å²) in [7, 11) is 0. The van der Waals surface area contributed by atoms with Crippen molar-refractivity contribution in [2.75, 3.05) is 17.2 Å². The molecule has 1 saturated heterocycles. The van der Waals surface area contributed by atoms with Crippen molar-refractivity contribution in [2.45, 2.75) is 56.8 Å². The minimum absolute atomic E-state index is 0.0113. The molecule has 0 spiro atoms. The van der Waals surface area contributed by atoms with E-state index in [4.69, 9.17) is 21.3 Å². The molecule has 2 aromatic rings. The highest BCUT2D eigenvalue weighted by molar-refractivity contribution is 7.99. The predicted molar refractivity (Wildman–Crippen MR) is 105 cm³/mol. The molecule has 0 aromatic carbocycles. The first-order valence-electron chi connectivity index (χ1n) is 9.73. The van der Waals surface area contributed by atoms with E-state index in [1.165, 1.54) is 31.0 Å². The molecule has 0 radical (unpaired) electrons. The van der Waals surface area contributed by atoms with Gasteiger partial charge in [0.15, 0.2) is 16.1 Å². The normalized spacial score (nSPS) is 28.8. The van der Waals surface area contributed by atoms with Gasteiger partial charge in [-0.05, 0) is 43.3 Å². The van der Waals surface area contributed by atoms with Crippen LogP contribution in [0.3, 0.4) is 0 Å². The molecule has 2 fully saturated rings. The van der Waals surface area contributed by atoms with Gasteiger partial charge in [0.25, 0.3) is 0 Å². The lowest BCUT2D eigenvalue weighted by Gasteiger charge is -2.43. The van der Waals surface area contributed by atoms with Crippen LogP contribution < -0.4 is 9.64 Å². The molecular weight excluding hydrogens is 387 g/mol. The molecule has 5 nitrogen and oxygen atoms in total. The highest BCUT2D eigenvalue weighted by atomic mass is 35.5. The van der Waals surface area contributed by atoms with Gasteiger partial charge in [-0.15, -0.1) is 0 Å². The number of piperidine rings is 1. The Morgan fingerprint density at radius 3 is 2.89 bits per heavy atom. The predicted octanol–water partition coefficient (Wildman–Crippen LogP) is 4.71. The standard InChI is InChI=1S/C19H22ClFN4OS/c1-3-11-15-10-6-5-9(7-10)8-25(15)17-12-14(22-19(24-17)27-4-2)13(21)16(20)23-18(12)26-11/h9-11,15H,3-8H2,1-2H3/t9-,10+,11-,15-/m0/s1. The highest BCUT2D eigenvalue weighted by Gasteiger charge is 2.47. The topological polar surface area (TPSA) is 51.1 Å². The maximum absolute atomic E-state index is 14.9. The quantitative estimate of drug-likeness (QED) is 0.416. The molecule has 1 saturated carbocycles. The first-order valence-corrected chi connectivity index (χ1v) is 11.1. The second-order valence-corrected chi connectivity index (χ2v) is 9.24. The van der Waals surface area contributed by atoms with Gasteiger partial charge in [0, 0.05) is 6.54 Å². The van der Waals surface area contributed by atoms with E-state index in [2.05, 4.69) is 21.8 Å². The smallest absolute Gasteiger partial charge is 0.228 e. The van der Waals surface area contributed by atoms with E-state index in [1.807, 2.05) is 6.92 Å². The molecule has 2 aliphatic heterocycles. The van der Waals surface area contributed by atoms with Gasteiger partial charge in [0.05, 0.1) is 6.04 Å². The fraction of sp³-hybridized carbons (Fsp3) is 0.632. The van der Waals surface area contributed by atoms with Crippen LogP contribution in [0, 0.1) is 17.7 Å². The molecule has 8 heteroatoms. The average molecular weight is 409 g/mol. The summed E-state index contributed by atoms with van der Waals surface area (Å²) in [6.45, 7) is 5.11. The fourth-order valence-corrected chi connectivity index (χ4v) is 5.81. The highest BCUT2D eigenvalue weighted by Crippen LogP contribution is 2.48. The van der Waals surface area contributed by atoms with Crippen LogP contribution in [0.15, 0.2) is 5.16 Å². The van der Waals surface area contributed by atoms with E-state index in [9.17, 15) is 4.39 Å². The van der Waals surface area contributed by atoms with Gasteiger partial charge in [-0.2, -0.15) is 4.98 Å². The number of hydrogen-bond acceptors (Lipinski definition) is 6. The lowest BCUT2D eigenvalue weighted by molar-refractivity contribution is 0.121. The maximum atomic E-state index is 14.9. The number of hydrogen-bond donors (Lipinski definition) is 0. The van der Waals surface area contributed by atoms with Crippen molar-refractivity contribution in [3.05, 3.63) is 11.0 Å². The van der Waals surface area contributed by atoms with Gasteiger partial charge >= 0.3 is 0 Å². The number of aromatic nitrogens is 3. The Kier molecular flexibility index (Phi) is 4.35. The van der Waals surface area contributed by atoms with Gasteiger partial charge in [-0.3, -0.25) is 0 Å². The van der Waals surface area contributed by atoms with Crippen molar-refractivity contribution in [3.8, 4) is 5.88 Å². The third-order valence-electron chi connectivity index (χ3n) is 6.14. The zero-order valence-electron chi connectivity index (χ0n) is 15.4. The number of anilines is 1. The SMILES string of the molecule is CCSc1nc2c3c(nc(Cl)c(F)c3n1)O[C@@H](CC)[C@@H]1[C@@H]3CC[C@@H](C3)CN21. The third-order valence-corrected chi connectivity index (χ3v) is 7.12. The first-order chi connectivity index (χ1) is 13.1. The monoisotopic (exact) mass is 408 g/mol. The molecule has 4 atom stereocenters. The summed E-state index contributed by atoms with van der Waals surface area (Å²) in [5.41, 5.74) is 0.222. The van der Waals surface area contributed by atoms with Gasteiger partial charge in [-0.1, -0.05) is 37.2 Å². The molecule has 0 N–H and O–H groups in total. The molecule has 3 aliphatic rings. The van der Waals surface area contributed by atoms with Crippen LogP contribution in [0.1, 0.15) is 39.5 Å². The number of pyridine rings is 1. The number of rotatable bonds is 3. The molecule has 144 valence electrons. The summed E-state index contributed by atoms with van der Waals surface area (Å²) >= 11 is 7.60. The van der Waals surface area contributed by atoms with Crippen LogP contribution >= 0.6 is 23.4 Å². The number of halogens is 2. The second-order valence-electron chi connectivity index (χ2n) is 7.65. The van der Waals surface area contributed by atoms with E-state index in [-0.39, 0.29) is 22.8 Å². The molecule has 2 bridgehead atoms. The van der Waals surface area contributed by atoms with Crippen LogP contribution in [0.25, 0.3) is 10.9 Å². The lowest BCUT2D eigenvalue weighted by atomic mass is 9.86. The van der Waals surface area contributed by atoms with Crippen LogP contribution in [-0.4, -0.2) is 39.4 Å². The number of ether oxygens (including phenoxy) is 1.